The minimum Gasteiger partial charge on any atom is -0.396 e. The van der Waals surface area contributed by atoms with E-state index in [1.807, 2.05) is 0 Å². The summed E-state index contributed by atoms with van der Waals surface area (Å²) < 4.78 is 34.9. The summed E-state index contributed by atoms with van der Waals surface area (Å²) in [6.45, 7) is 0.0862. The lowest BCUT2D eigenvalue weighted by molar-refractivity contribution is -0.117. The SMILES string of the molecule is Nc1c(Br)cnc(Br)c1N1CC(CS(=O)(=O)F)CC1=O. The maximum Gasteiger partial charge on any atom is 0.302 e. The predicted molar refractivity (Wildman–Crippen MR) is 79.4 cm³/mol. The number of pyridine rings is 1. The summed E-state index contributed by atoms with van der Waals surface area (Å²) in [5, 5.41) is 0. The van der Waals surface area contributed by atoms with Gasteiger partial charge in [-0.05, 0) is 31.9 Å². The molecule has 1 unspecified atom stereocenters. The van der Waals surface area contributed by atoms with Crippen LogP contribution >= 0.6 is 31.9 Å². The van der Waals surface area contributed by atoms with E-state index >= 15 is 0 Å². The number of hydrogen-bond acceptors (Lipinski definition) is 5. The molecule has 20 heavy (non-hydrogen) atoms. The van der Waals surface area contributed by atoms with Gasteiger partial charge in [0.25, 0.3) is 0 Å². The van der Waals surface area contributed by atoms with Gasteiger partial charge < -0.3 is 10.6 Å². The zero-order chi connectivity index (χ0) is 15.1. The first-order valence-electron chi connectivity index (χ1n) is 5.51. The molecule has 1 aliphatic heterocycles. The Bertz CT molecular complexity index is 668. The molecule has 6 nitrogen and oxygen atoms in total. The smallest absolute Gasteiger partial charge is 0.302 e. The van der Waals surface area contributed by atoms with E-state index in [0.717, 1.165) is 0 Å². The van der Waals surface area contributed by atoms with Gasteiger partial charge in [0.1, 0.15) is 10.3 Å². The minimum absolute atomic E-state index is 0.0401. The summed E-state index contributed by atoms with van der Waals surface area (Å²) in [4.78, 5) is 17.3. The first kappa shape index (κ1) is 15.6. The molecule has 1 amide bonds. The van der Waals surface area contributed by atoms with Gasteiger partial charge >= 0.3 is 10.2 Å². The lowest BCUT2D eigenvalue weighted by atomic mass is 10.1. The van der Waals surface area contributed by atoms with Crippen molar-refractivity contribution in [3.8, 4) is 0 Å². The number of amides is 1. The van der Waals surface area contributed by atoms with Crippen molar-refractivity contribution in [2.45, 2.75) is 6.42 Å². The third kappa shape index (κ3) is 3.29. The highest BCUT2D eigenvalue weighted by Gasteiger charge is 2.35. The molecule has 1 saturated heterocycles. The summed E-state index contributed by atoms with van der Waals surface area (Å²) in [5.41, 5.74) is 6.57. The highest BCUT2D eigenvalue weighted by Crippen LogP contribution is 2.38. The molecular weight excluding hydrogens is 421 g/mol. The molecule has 0 saturated carbocycles. The van der Waals surface area contributed by atoms with Crippen LogP contribution in [0.1, 0.15) is 6.42 Å². The van der Waals surface area contributed by atoms with E-state index in [0.29, 0.717) is 20.5 Å². The van der Waals surface area contributed by atoms with Crippen LogP contribution in [0.3, 0.4) is 0 Å². The summed E-state index contributed by atoms with van der Waals surface area (Å²) in [6.07, 6.45) is 1.44. The summed E-state index contributed by atoms with van der Waals surface area (Å²) >= 11 is 6.41. The van der Waals surface area contributed by atoms with Gasteiger partial charge in [0.05, 0.1) is 15.9 Å². The first-order valence-corrected chi connectivity index (χ1v) is 8.65. The van der Waals surface area contributed by atoms with Crippen molar-refractivity contribution in [1.29, 1.82) is 0 Å². The van der Waals surface area contributed by atoms with Gasteiger partial charge in [-0.15, -0.1) is 3.89 Å². The van der Waals surface area contributed by atoms with Crippen molar-refractivity contribution in [3.63, 3.8) is 0 Å². The number of nitrogens with two attached hydrogens (primary N) is 1. The predicted octanol–water partition coefficient (Wildman–Crippen LogP) is 1.84. The van der Waals surface area contributed by atoms with Crippen LogP contribution < -0.4 is 10.6 Å². The number of nitrogens with zero attached hydrogens (tertiary/aromatic N) is 2. The molecule has 0 spiro atoms. The van der Waals surface area contributed by atoms with Gasteiger partial charge in [0, 0.05) is 25.1 Å². The van der Waals surface area contributed by atoms with E-state index in [1.165, 1.54) is 11.1 Å². The molecule has 2 heterocycles. The molecule has 1 atom stereocenters. The molecule has 10 heteroatoms. The second kappa shape index (κ2) is 5.57. The molecule has 110 valence electrons. The zero-order valence-electron chi connectivity index (χ0n) is 10.0. The van der Waals surface area contributed by atoms with Gasteiger partial charge in [-0.2, -0.15) is 8.42 Å². The lowest BCUT2D eigenvalue weighted by Gasteiger charge is -2.20. The summed E-state index contributed by atoms with van der Waals surface area (Å²) in [5.74, 6) is -1.58. The van der Waals surface area contributed by atoms with E-state index in [4.69, 9.17) is 5.73 Å². The van der Waals surface area contributed by atoms with Crippen molar-refractivity contribution in [2.75, 3.05) is 22.9 Å². The number of hydrogen-bond donors (Lipinski definition) is 1. The van der Waals surface area contributed by atoms with Crippen molar-refractivity contribution >= 4 is 59.4 Å². The molecule has 1 aromatic rings. The Kier molecular flexibility index (Phi) is 4.35. The van der Waals surface area contributed by atoms with Gasteiger partial charge in [0.2, 0.25) is 5.91 Å². The molecule has 2 N–H and O–H groups in total. The molecule has 0 radical (unpaired) electrons. The molecular formula is C10H10Br2FN3O3S. The van der Waals surface area contributed by atoms with Crippen molar-refractivity contribution in [2.24, 2.45) is 5.92 Å². The Labute approximate surface area is 132 Å². The van der Waals surface area contributed by atoms with Gasteiger partial charge in [-0.1, -0.05) is 0 Å². The number of anilines is 2. The van der Waals surface area contributed by atoms with Crippen molar-refractivity contribution in [3.05, 3.63) is 15.3 Å². The highest BCUT2D eigenvalue weighted by molar-refractivity contribution is 9.11. The number of carbonyl (C=O) groups excluding carboxylic acids is 1. The van der Waals surface area contributed by atoms with Crippen molar-refractivity contribution < 1.29 is 17.1 Å². The number of aromatic nitrogens is 1. The Morgan fingerprint density at radius 2 is 2.15 bits per heavy atom. The Morgan fingerprint density at radius 1 is 1.50 bits per heavy atom. The van der Waals surface area contributed by atoms with Crippen LogP contribution in [-0.4, -0.2) is 31.6 Å². The standard InChI is InChI=1S/C10H10Br2FN3O3S/c11-6-2-15-10(12)9(8(6)14)16-3-5(1-7(16)17)4-20(13,18)19/h2,5H,1,3-4H2,(H2,14,15). The Morgan fingerprint density at radius 3 is 2.75 bits per heavy atom. The van der Waals surface area contributed by atoms with E-state index in [1.54, 1.807) is 0 Å². The third-order valence-corrected chi connectivity index (χ3v) is 4.99. The fourth-order valence-electron chi connectivity index (χ4n) is 2.12. The Hall–Kier alpha value is -0.740. The maximum absolute atomic E-state index is 12.7. The fraction of sp³-hybridized carbons (Fsp3) is 0.400. The number of rotatable bonds is 3. The molecule has 0 aliphatic carbocycles. The van der Waals surface area contributed by atoms with E-state index in [2.05, 4.69) is 36.8 Å². The van der Waals surface area contributed by atoms with Crippen molar-refractivity contribution in [1.82, 2.24) is 4.98 Å². The third-order valence-electron chi connectivity index (χ3n) is 2.91. The Balaban J connectivity index is 2.31. The largest absolute Gasteiger partial charge is 0.396 e. The average molecular weight is 431 g/mol. The maximum atomic E-state index is 12.7. The number of nitrogen functional groups attached to an aromatic ring is 1. The monoisotopic (exact) mass is 429 g/mol. The van der Waals surface area contributed by atoms with Crippen LogP contribution in [0, 0.1) is 5.92 Å². The van der Waals surface area contributed by atoms with Crippen LogP contribution in [-0.2, 0) is 15.0 Å². The summed E-state index contributed by atoms with van der Waals surface area (Å²) in [7, 11) is -4.61. The van der Waals surface area contributed by atoms with Crippen LogP contribution in [0.4, 0.5) is 15.3 Å². The normalized spacial score (nSPS) is 19.6. The molecule has 0 bridgehead atoms. The fourth-order valence-corrected chi connectivity index (χ4v) is 3.72. The zero-order valence-corrected chi connectivity index (χ0v) is 14.0. The van der Waals surface area contributed by atoms with E-state index in [-0.39, 0.29) is 18.9 Å². The molecule has 1 aromatic heterocycles. The molecule has 0 aromatic carbocycles. The molecule has 1 fully saturated rings. The molecule has 2 rings (SSSR count). The number of carbonyl (C=O) groups is 1. The van der Waals surface area contributed by atoms with E-state index < -0.39 is 21.9 Å². The van der Waals surface area contributed by atoms with Gasteiger partial charge in [-0.3, -0.25) is 4.79 Å². The second-order valence-electron chi connectivity index (χ2n) is 4.44. The topological polar surface area (TPSA) is 93.4 Å². The number of halogens is 3. The highest BCUT2D eigenvalue weighted by atomic mass is 79.9. The second-order valence-corrected chi connectivity index (χ2v) is 7.46. The summed E-state index contributed by atoms with van der Waals surface area (Å²) in [6, 6.07) is 0. The van der Waals surface area contributed by atoms with Crippen LogP contribution in [0.25, 0.3) is 0 Å². The van der Waals surface area contributed by atoms with Gasteiger partial charge in [0.15, 0.2) is 0 Å². The average Bonchev–Trinajstić information content (AvgIpc) is 2.63. The minimum atomic E-state index is -4.61. The lowest BCUT2D eigenvalue weighted by Crippen LogP contribution is -2.27. The first-order chi connectivity index (χ1) is 9.19. The van der Waals surface area contributed by atoms with E-state index in [9.17, 15) is 17.1 Å². The van der Waals surface area contributed by atoms with Gasteiger partial charge in [-0.25, -0.2) is 4.98 Å². The van der Waals surface area contributed by atoms with Crippen LogP contribution in [0.2, 0.25) is 0 Å². The van der Waals surface area contributed by atoms with Crippen LogP contribution in [0.5, 0.6) is 0 Å². The van der Waals surface area contributed by atoms with Crippen LogP contribution in [0.15, 0.2) is 15.3 Å². The quantitative estimate of drug-likeness (QED) is 0.583. The molecule has 1 aliphatic rings.